The van der Waals surface area contributed by atoms with Crippen molar-refractivity contribution in [1.29, 1.82) is 0 Å². The van der Waals surface area contributed by atoms with Crippen molar-refractivity contribution >= 4 is 11.9 Å². The Morgan fingerprint density at radius 1 is 0.359 bits per heavy atom. The highest BCUT2D eigenvalue weighted by Crippen LogP contribution is 2.16. The molecule has 5 nitrogen and oxygen atoms in total. The summed E-state index contributed by atoms with van der Waals surface area (Å²) in [4.78, 5) is 24.4. The van der Waals surface area contributed by atoms with Crippen LogP contribution in [0.2, 0.25) is 0 Å². The van der Waals surface area contributed by atoms with E-state index in [0.29, 0.717) is 12.8 Å². The van der Waals surface area contributed by atoms with Crippen LogP contribution >= 0.6 is 0 Å². The van der Waals surface area contributed by atoms with Gasteiger partial charge < -0.3 is 14.6 Å². The van der Waals surface area contributed by atoms with Crippen molar-refractivity contribution < 1.29 is 24.2 Å². The summed E-state index contributed by atoms with van der Waals surface area (Å²) in [6.07, 6.45) is 76.7. The molecule has 0 aromatic rings. The van der Waals surface area contributed by atoms with E-state index >= 15 is 0 Å². The van der Waals surface area contributed by atoms with Crippen LogP contribution in [0, 0.1) is 0 Å². The van der Waals surface area contributed by atoms with E-state index in [4.69, 9.17) is 9.47 Å². The lowest BCUT2D eigenvalue weighted by atomic mass is 10.0. The third-order valence-electron chi connectivity index (χ3n) is 11.4. The van der Waals surface area contributed by atoms with Crippen molar-refractivity contribution in [2.24, 2.45) is 0 Å². The van der Waals surface area contributed by atoms with Gasteiger partial charge in [0.15, 0.2) is 6.10 Å². The van der Waals surface area contributed by atoms with Crippen molar-refractivity contribution in [3.8, 4) is 0 Å². The fraction of sp³-hybridized carbons (Fsp3) is 0.695. The topological polar surface area (TPSA) is 72.8 Å². The second-order valence-electron chi connectivity index (χ2n) is 17.5. The van der Waals surface area contributed by atoms with Gasteiger partial charge in [0.05, 0.1) is 6.61 Å². The molecule has 0 amide bonds. The SMILES string of the molecule is CC/C=C\C/C=C\C/C=C\C/C=C\C/C=C\CCCCCCCCCCCCCCCCCCCCCC(=O)OC(CO)COC(=O)CCCCCCC/C=C\C/C=C\C/C=C\CC. The molecule has 0 radical (unpaired) electrons. The van der Waals surface area contributed by atoms with Gasteiger partial charge in [-0.15, -0.1) is 0 Å². The maximum Gasteiger partial charge on any atom is 0.306 e. The molecule has 1 atom stereocenters. The fourth-order valence-electron chi connectivity index (χ4n) is 7.42. The highest BCUT2D eigenvalue weighted by molar-refractivity contribution is 5.70. The Morgan fingerprint density at radius 3 is 0.938 bits per heavy atom. The van der Waals surface area contributed by atoms with Crippen molar-refractivity contribution in [2.45, 2.75) is 251 Å². The first-order valence-electron chi connectivity index (χ1n) is 26.8. The van der Waals surface area contributed by atoms with Gasteiger partial charge in [0, 0.05) is 12.8 Å². The first-order chi connectivity index (χ1) is 31.6. The summed E-state index contributed by atoms with van der Waals surface area (Å²) in [5.41, 5.74) is 0. The van der Waals surface area contributed by atoms with Gasteiger partial charge in [-0.1, -0.05) is 239 Å². The van der Waals surface area contributed by atoms with Crippen molar-refractivity contribution in [3.05, 3.63) is 97.2 Å². The lowest BCUT2D eigenvalue weighted by Crippen LogP contribution is -2.28. The van der Waals surface area contributed by atoms with Gasteiger partial charge >= 0.3 is 11.9 Å². The smallest absolute Gasteiger partial charge is 0.306 e. The number of rotatable bonds is 48. The van der Waals surface area contributed by atoms with E-state index in [0.717, 1.165) is 103 Å². The molecular formula is C59H100O5. The van der Waals surface area contributed by atoms with Crippen LogP contribution in [0.3, 0.4) is 0 Å². The highest BCUT2D eigenvalue weighted by atomic mass is 16.6. The van der Waals surface area contributed by atoms with Gasteiger partial charge in [-0.05, 0) is 89.9 Å². The number of ether oxygens (including phenoxy) is 2. The van der Waals surface area contributed by atoms with Gasteiger partial charge in [-0.3, -0.25) is 9.59 Å². The Kier molecular flexibility index (Phi) is 51.5. The zero-order chi connectivity index (χ0) is 46.3. The molecule has 0 fully saturated rings. The number of allylic oxidation sites excluding steroid dienone is 16. The van der Waals surface area contributed by atoms with Crippen LogP contribution in [-0.4, -0.2) is 36.4 Å². The number of aliphatic hydroxyl groups excluding tert-OH is 1. The third kappa shape index (κ3) is 51.5. The van der Waals surface area contributed by atoms with Crippen LogP contribution in [0.25, 0.3) is 0 Å². The number of carbonyl (C=O) groups excluding carboxylic acids is 2. The van der Waals surface area contributed by atoms with Gasteiger partial charge in [0.1, 0.15) is 6.61 Å². The summed E-state index contributed by atoms with van der Waals surface area (Å²) < 4.78 is 10.7. The minimum absolute atomic E-state index is 0.0767. The number of aliphatic hydroxyl groups is 1. The molecule has 1 unspecified atom stereocenters. The average Bonchev–Trinajstić information content (AvgIpc) is 3.30. The normalized spacial score (nSPS) is 13.0. The number of unbranched alkanes of at least 4 members (excludes halogenated alkanes) is 24. The Labute approximate surface area is 396 Å². The molecule has 366 valence electrons. The summed E-state index contributed by atoms with van der Waals surface area (Å²) in [6, 6.07) is 0. The second-order valence-corrected chi connectivity index (χ2v) is 17.5. The molecule has 0 aromatic heterocycles. The highest BCUT2D eigenvalue weighted by Gasteiger charge is 2.16. The number of carbonyl (C=O) groups is 2. The van der Waals surface area contributed by atoms with E-state index in [1.165, 1.54) is 116 Å². The summed E-state index contributed by atoms with van der Waals surface area (Å²) in [7, 11) is 0. The van der Waals surface area contributed by atoms with E-state index in [2.05, 4.69) is 111 Å². The molecule has 64 heavy (non-hydrogen) atoms. The molecule has 0 aliphatic carbocycles. The molecule has 0 saturated carbocycles. The fourth-order valence-corrected chi connectivity index (χ4v) is 7.42. The molecule has 0 aliphatic rings. The van der Waals surface area contributed by atoms with Crippen molar-refractivity contribution in [3.63, 3.8) is 0 Å². The first-order valence-corrected chi connectivity index (χ1v) is 26.8. The van der Waals surface area contributed by atoms with Crippen molar-refractivity contribution in [1.82, 2.24) is 0 Å². The van der Waals surface area contributed by atoms with Gasteiger partial charge in [0.2, 0.25) is 0 Å². The summed E-state index contributed by atoms with van der Waals surface area (Å²) in [5.74, 6) is -0.608. The Hall–Kier alpha value is -3.18. The van der Waals surface area contributed by atoms with Crippen LogP contribution in [0.4, 0.5) is 0 Å². The van der Waals surface area contributed by atoms with Gasteiger partial charge in [0.25, 0.3) is 0 Å². The maximum atomic E-state index is 12.3. The molecule has 0 saturated heterocycles. The number of hydrogen-bond acceptors (Lipinski definition) is 5. The Bertz CT molecular complexity index is 1230. The van der Waals surface area contributed by atoms with Gasteiger partial charge in [-0.25, -0.2) is 0 Å². The van der Waals surface area contributed by atoms with Crippen LogP contribution in [0.15, 0.2) is 97.2 Å². The third-order valence-corrected chi connectivity index (χ3v) is 11.4. The van der Waals surface area contributed by atoms with E-state index in [1.807, 2.05) is 0 Å². The van der Waals surface area contributed by atoms with Crippen LogP contribution in [0.5, 0.6) is 0 Å². The molecule has 0 aromatic carbocycles. The number of hydrogen-bond donors (Lipinski definition) is 1. The molecule has 0 aliphatic heterocycles. The summed E-state index contributed by atoms with van der Waals surface area (Å²) in [6.45, 7) is 3.91. The zero-order valence-electron chi connectivity index (χ0n) is 41.8. The van der Waals surface area contributed by atoms with Crippen LogP contribution in [-0.2, 0) is 19.1 Å². The predicted octanol–water partition coefficient (Wildman–Crippen LogP) is 18.0. The van der Waals surface area contributed by atoms with E-state index in [-0.39, 0.29) is 25.2 Å². The molecule has 5 heteroatoms. The maximum absolute atomic E-state index is 12.3. The van der Waals surface area contributed by atoms with E-state index < -0.39 is 6.10 Å². The van der Waals surface area contributed by atoms with Crippen LogP contribution in [0.1, 0.15) is 245 Å². The van der Waals surface area contributed by atoms with E-state index in [1.54, 1.807) is 0 Å². The largest absolute Gasteiger partial charge is 0.462 e. The van der Waals surface area contributed by atoms with Crippen LogP contribution < -0.4 is 0 Å². The lowest BCUT2D eigenvalue weighted by Gasteiger charge is -2.15. The zero-order valence-corrected chi connectivity index (χ0v) is 41.8. The molecule has 0 heterocycles. The van der Waals surface area contributed by atoms with Gasteiger partial charge in [-0.2, -0.15) is 0 Å². The summed E-state index contributed by atoms with van der Waals surface area (Å²) >= 11 is 0. The van der Waals surface area contributed by atoms with Crippen molar-refractivity contribution in [2.75, 3.05) is 13.2 Å². The lowest BCUT2D eigenvalue weighted by molar-refractivity contribution is -0.161. The molecule has 0 bridgehead atoms. The Morgan fingerprint density at radius 2 is 0.625 bits per heavy atom. The average molecular weight is 889 g/mol. The minimum atomic E-state index is -0.782. The standard InChI is InChI=1S/C59H100O5/c1-3-5-7-9-11-13-15-17-19-20-21-22-23-24-25-26-27-28-29-30-31-32-33-34-35-36-37-38-40-42-44-46-48-50-52-54-59(62)64-57(55-60)56-63-58(61)53-51-49-47-45-43-41-39-18-16-14-12-10-8-6-4-2/h5-8,11-14,17-19,21-22,24-25,39,57,60H,3-4,9-10,15-16,20,23,26-38,40-56H2,1-2H3/b7-5-,8-6-,13-11-,14-12-,19-17-,22-21-,25-24-,39-18-. The first kappa shape index (κ1) is 60.8. The monoisotopic (exact) mass is 889 g/mol. The minimum Gasteiger partial charge on any atom is -0.462 e. The Balaban J connectivity index is 3.47. The quantitative estimate of drug-likeness (QED) is 0.0374. The van der Waals surface area contributed by atoms with E-state index in [9.17, 15) is 14.7 Å². The molecule has 0 spiro atoms. The molecule has 0 rings (SSSR count). The predicted molar refractivity (Wildman–Crippen MR) is 279 cm³/mol. The second kappa shape index (κ2) is 54.2. The summed E-state index contributed by atoms with van der Waals surface area (Å²) in [5, 5.41) is 9.62. The molecular weight excluding hydrogens is 789 g/mol. The molecule has 1 N–H and O–H groups in total. The number of esters is 2.